The molecule has 23 heteroatoms. The van der Waals surface area contributed by atoms with Gasteiger partial charge in [-0.15, -0.1) is 0 Å². The third-order valence-electron chi connectivity index (χ3n) is 14.6. The van der Waals surface area contributed by atoms with Gasteiger partial charge in [-0.05, 0) is 105 Å². The number of nitrogens with zero attached hydrogens (tertiary/aromatic N) is 6. The fourth-order valence-electron chi connectivity index (χ4n) is 9.36. The Bertz CT molecular complexity index is 3520. The number of ether oxygens (including phenoxy) is 5. The van der Waals surface area contributed by atoms with Crippen LogP contribution in [0.1, 0.15) is 73.6 Å². The Balaban J connectivity index is 0.000000144. The molecule has 2 amide bonds. The summed E-state index contributed by atoms with van der Waals surface area (Å²) in [5.74, 6) is 1.97. The maximum absolute atomic E-state index is 13.3. The average molecular weight is 1180 g/mol. The number of aliphatic hydroxyl groups excluding tert-OH is 2. The molecule has 414 valence electrons. The molecular formula is C56H62BBrN8O11S2. The second kappa shape index (κ2) is 21.7. The van der Waals surface area contributed by atoms with Crippen molar-refractivity contribution in [2.24, 2.45) is 14.1 Å². The second-order valence-corrected chi connectivity index (χ2v) is 23.8. The number of carbonyl (C=O) groups is 2. The largest absolute Gasteiger partial charge is 0.496 e. The van der Waals surface area contributed by atoms with Crippen LogP contribution < -0.4 is 35.0 Å². The summed E-state index contributed by atoms with van der Waals surface area (Å²) < 4.78 is 48.6. The number of aryl methyl sites for hydroxylation is 2. The number of hydrogen-bond donors (Lipinski definition) is 4. The smallest absolute Gasteiger partial charge is 0.496 e. The zero-order chi connectivity index (χ0) is 56.2. The van der Waals surface area contributed by atoms with Gasteiger partial charge in [0, 0.05) is 101 Å². The van der Waals surface area contributed by atoms with E-state index in [-0.39, 0.29) is 48.7 Å². The van der Waals surface area contributed by atoms with Gasteiger partial charge in [0.05, 0.1) is 90.2 Å². The van der Waals surface area contributed by atoms with Crippen molar-refractivity contribution < 1.29 is 52.8 Å². The third-order valence-corrected chi connectivity index (χ3v) is 16.6. The Hall–Kier alpha value is -6.70. The molecule has 4 aliphatic heterocycles. The molecule has 0 aliphatic carbocycles. The summed E-state index contributed by atoms with van der Waals surface area (Å²) in [7, 11) is 6.95. The lowest BCUT2D eigenvalue weighted by Crippen LogP contribution is -2.60. The standard InChI is InChI=1S/C25H26N4O5S.C20H18BrN3O4S.C11H18BNO2/c1-25(13-30,14-31)26-24(32)22-19-11-34-21-9-20(33-3)17(15-4-6-28(2)10-15)8-18(21)23(19)29(27-22)16-5-7-35-12-16;1-20(9-27-10-20)22-19(25)17-13-7-28-15-6-16(26-2)14(21)5-12(15)18(13)24(23-17)11-3-4-29-8-11;1-10(2)11(3,4)15-12(14-10)9-6-7-13(5)8-9/h4-10,12,30-31H,11,13-14H2,1-3H3,(H,26,32);3-6,8H,7,9-10H2,1-2H3,(H,22,25);6-8H,1-5H3. The predicted molar refractivity (Wildman–Crippen MR) is 305 cm³/mol. The van der Waals surface area contributed by atoms with E-state index in [1.165, 1.54) is 11.3 Å². The predicted octanol–water partition coefficient (Wildman–Crippen LogP) is 8.09. The minimum absolute atomic E-state index is 0.137. The Kier molecular flexibility index (Phi) is 15.3. The van der Waals surface area contributed by atoms with Crippen molar-refractivity contribution in [2.45, 2.75) is 77.0 Å². The van der Waals surface area contributed by atoms with E-state index in [1.54, 1.807) is 37.2 Å². The molecule has 0 saturated carbocycles. The molecule has 10 heterocycles. The van der Waals surface area contributed by atoms with Gasteiger partial charge in [-0.1, -0.05) is 0 Å². The van der Waals surface area contributed by atoms with Crippen LogP contribution in [0, 0.1) is 0 Å². The highest BCUT2D eigenvalue weighted by molar-refractivity contribution is 9.10. The van der Waals surface area contributed by atoms with Gasteiger partial charge in [0.15, 0.2) is 11.4 Å². The van der Waals surface area contributed by atoms with Gasteiger partial charge in [-0.2, -0.15) is 32.9 Å². The van der Waals surface area contributed by atoms with Gasteiger partial charge in [0.1, 0.15) is 36.2 Å². The maximum Gasteiger partial charge on any atom is 0.496 e. The van der Waals surface area contributed by atoms with Crippen LogP contribution in [0.5, 0.6) is 23.0 Å². The Morgan fingerprint density at radius 2 is 1.28 bits per heavy atom. The van der Waals surface area contributed by atoms with E-state index in [0.29, 0.717) is 47.5 Å². The lowest BCUT2D eigenvalue weighted by atomic mass is 9.81. The maximum atomic E-state index is 13.3. The first kappa shape index (κ1) is 55.6. The number of halogens is 1. The fraction of sp³-hybridized carbons (Fsp3) is 0.357. The molecule has 0 unspecified atom stereocenters. The molecular weight excluding hydrogens is 1120 g/mol. The molecule has 2 fully saturated rings. The Morgan fingerprint density at radius 1 is 0.747 bits per heavy atom. The van der Waals surface area contributed by atoms with Crippen LogP contribution in [0.25, 0.3) is 45.0 Å². The summed E-state index contributed by atoms with van der Waals surface area (Å²) in [6.07, 6.45) is 8.00. The van der Waals surface area contributed by atoms with E-state index in [2.05, 4.69) is 59.4 Å². The molecule has 4 aliphatic rings. The number of carbonyl (C=O) groups excluding carboxylic acids is 2. The average Bonchev–Trinajstić information content (AvgIpc) is 4.03. The molecule has 8 aromatic rings. The molecule has 0 radical (unpaired) electrons. The number of benzene rings is 2. The normalized spacial score (nSPS) is 16.0. The minimum Gasteiger partial charge on any atom is -0.496 e. The number of aromatic nitrogens is 6. The topological polar surface area (TPSA) is 209 Å². The first-order valence-electron chi connectivity index (χ1n) is 25.4. The van der Waals surface area contributed by atoms with E-state index in [0.717, 1.165) is 60.5 Å². The zero-order valence-corrected chi connectivity index (χ0v) is 48.7. The SMILES string of the molecule is COc1cc2c(cc1-c1ccn(C)c1)-c1c(c(C(=O)NC(C)(CO)CO)nn1-c1ccsc1)CO2.COc1cc2c(cc1Br)-c1c(c(C(=O)NC3(C)COC3)nn1-c1ccsc1)CO2.Cn1ccc(B2OC(C)(C)C(C)(C)O2)c1. The highest BCUT2D eigenvalue weighted by Crippen LogP contribution is 2.48. The van der Waals surface area contributed by atoms with Gasteiger partial charge in [-0.3, -0.25) is 9.59 Å². The molecule has 0 spiro atoms. The first-order chi connectivity index (χ1) is 37.7. The lowest BCUT2D eigenvalue weighted by molar-refractivity contribution is -0.0594. The number of thiophene rings is 2. The number of rotatable bonds is 12. The number of amides is 2. The lowest BCUT2D eigenvalue weighted by Gasteiger charge is -2.38. The van der Waals surface area contributed by atoms with Crippen molar-refractivity contribution >= 4 is 63.0 Å². The monoisotopic (exact) mass is 1180 g/mol. The van der Waals surface area contributed by atoms with Crippen molar-refractivity contribution in [1.82, 2.24) is 39.3 Å². The van der Waals surface area contributed by atoms with Gasteiger partial charge in [-0.25, -0.2) is 9.36 Å². The van der Waals surface area contributed by atoms with Crippen molar-refractivity contribution in [3.05, 3.63) is 122 Å². The number of nitrogens with one attached hydrogen (secondary N) is 2. The van der Waals surface area contributed by atoms with Crippen LogP contribution in [0.3, 0.4) is 0 Å². The van der Waals surface area contributed by atoms with Crippen LogP contribution in [0.15, 0.2) is 99.3 Å². The number of aliphatic hydroxyl groups is 2. The molecule has 79 heavy (non-hydrogen) atoms. The van der Waals surface area contributed by atoms with Crippen molar-refractivity contribution in [1.29, 1.82) is 0 Å². The minimum atomic E-state index is -1.18. The molecule has 2 saturated heterocycles. The van der Waals surface area contributed by atoms with Crippen LogP contribution in [-0.4, -0.2) is 121 Å². The second-order valence-electron chi connectivity index (χ2n) is 21.3. The van der Waals surface area contributed by atoms with Gasteiger partial charge in [0.2, 0.25) is 0 Å². The van der Waals surface area contributed by atoms with E-state index >= 15 is 0 Å². The van der Waals surface area contributed by atoms with Crippen molar-refractivity contribution in [3.63, 3.8) is 0 Å². The summed E-state index contributed by atoms with van der Waals surface area (Å²) in [6, 6.07) is 15.6. The third kappa shape index (κ3) is 10.8. The van der Waals surface area contributed by atoms with Gasteiger partial charge < -0.3 is 63.0 Å². The van der Waals surface area contributed by atoms with E-state index < -0.39 is 24.7 Å². The highest BCUT2D eigenvalue weighted by Gasteiger charge is 2.52. The van der Waals surface area contributed by atoms with Crippen LogP contribution in [0.4, 0.5) is 0 Å². The molecule has 4 N–H and O–H groups in total. The summed E-state index contributed by atoms with van der Waals surface area (Å²) in [4.78, 5) is 26.3. The summed E-state index contributed by atoms with van der Waals surface area (Å²) >= 11 is 6.66. The van der Waals surface area contributed by atoms with E-state index in [9.17, 15) is 19.8 Å². The first-order valence-corrected chi connectivity index (χ1v) is 28.0. The van der Waals surface area contributed by atoms with Gasteiger partial charge in [0.25, 0.3) is 11.8 Å². The van der Waals surface area contributed by atoms with E-state index in [4.69, 9.17) is 38.1 Å². The molecule has 0 bridgehead atoms. The fourth-order valence-corrected chi connectivity index (χ4v) is 11.1. The van der Waals surface area contributed by atoms with Crippen LogP contribution >= 0.6 is 38.6 Å². The number of hydrogen-bond acceptors (Lipinski definition) is 15. The molecule has 6 aromatic heterocycles. The molecule has 0 atom stereocenters. The zero-order valence-electron chi connectivity index (χ0n) is 45.5. The quantitative estimate of drug-likeness (QED) is 0.0855. The summed E-state index contributed by atoms with van der Waals surface area (Å²) in [5, 5.41) is 42.3. The highest BCUT2D eigenvalue weighted by atomic mass is 79.9. The Morgan fingerprint density at radius 3 is 1.75 bits per heavy atom. The van der Waals surface area contributed by atoms with E-state index in [1.807, 2.05) is 130 Å². The number of methoxy groups -OCH3 is 2. The molecule has 19 nitrogen and oxygen atoms in total. The summed E-state index contributed by atoms with van der Waals surface area (Å²) in [5.41, 5.74) is 7.83. The summed E-state index contributed by atoms with van der Waals surface area (Å²) in [6.45, 7) is 12.4. The molecule has 12 rings (SSSR count). The van der Waals surface area contributed by atoms with Crippen LogP contribution in [0.2, 0.25) is 0 Å². The van der Waals surface area contributed by atoms with Crippen molar-refractivity contribution in [2.75, 3.05) is 40.6 Å². The van der Waals surface area contributed by atoms with Gasteiger partial charge >= 0.3 is 7.12 Å². The van der Waals surface area contributed by atoms with Crippen molar-refractivity contribution in [3.8, 4) is 68.0 Å². The number of fused-ring (bicyclic) bond motifs is 6. The van der Waals surface area contributed by atoms with Crippen LogP contribution in [-0.2, 0) is 41.4 Å². The molecule has 2 aromatic carbocycles. The Labute approximate surface area is 474 Å².